The summed E-state index contributed by atoms with van der Waals surface area (Å²) in [5, 5.41) is 9.19. The molecule has 1 N–H and O–H groups in total. The van der Waals surface area contributed by atoms with Gasteiger partial charge in [0.25, 0.3) is 0 Å². The van der Waals surface area contributed by atoms with Crippen molar-refractivity contribution in [1.82, 2.24) is 4.90 Å². The van der Waals surface area contributed by atoms with E-state index in [2.05, 4.69) is 18.7 Å². The fraction of sp³-hybridized carbons (Fsp3) is 0.977. The van der Waals surface area contributed by atoms with Crippen molar-refractivity contribution >= 4 is 5.97 Å². The van der Waals surface area contributed by atoms with Crippen LogP contribution >= 0.6 is 0 Å². The van der Waals surface area contributed by atoms with Crippen LogP contribution in [0.5, 0.6) is 0 Å². The molecule has 0 radical (unpaired) electrons. The number of carboxylic acids is 1. The third-order valence-electron chi connectivity index (χ3n) is 10.3. The quantitative estimate of drug-likeness (QED) is 0.0670. The molecule has 0 saturated carbocycles. The minimum Gasteiger partial charge on any atom is -0.481 e. The maximum absolute atomic E-state index is 11.2. The highest BCUT2D eigenvalue weighted by Crippen LogP contribution is 2.16. The van der Waals surface area contributed by atoms with E-state index in [0.717, 1.165) is 19.6 Å². The normalized spacial score (nSPS) is 11.6. The van der Waals surface area contributed by atoms with Crippen LogP contribution in [0.3, 0.4) is 0 Å². The maximum atomic E-state index is 11.2. The van der Waals surface area contributed by atoms with E-state index < -0.39 is 5.97 Å². The summed E-state index contributed by atoms with van der Waals surface area (Å²) in [4.78, 5) is 13.6. The second kappa shape index (κ2) is 40.6. The van der Waals surface area contributed by atoms with Crippen LogP contribution in [0.1, 0.15) is 251 Å². The second-order valence-electron chi connectivity index (χ2n) is 15.0. The average molecular weight is 650 g/mol. The summed E-state index contributed by atoms with van der Waals surface area (Å²) >= 11 is 0. The number of hydrogen-bond acceptors (Lipinski definition) is 2. The van der Waals surface area contributed by atoms with Crippen LogP contribution in [-0.2, 0) is 4.79 Å². The van der Waals surface area contributed by atoms with Gasteiger partial charge in [-0.3, -0.25) is 4.79 Å². The van der Waals surface area contributed by atoms with Gasteiger partial charge in [-0.1, -0.05) is 232 Å². The van der Waals surface area contributed by atoms with E-state index in [-0.39, 0.29) is 6.42 Å². The molecule has 0 aromatic heterocycles. The van der Waals surface area contributed by atoms with E-state index >= 15 is 0 Å². The Kier molecular flexibility index (Phi) is 40.1. The lowest BCUT2D eigenvalue weighted by atomic mass is 10.0. The van der Waals surface area contributed by atoms with Gasteiger partial charge in [0.05, 0.1) is 6.42 Å². The molecule has 46 heavy (non-hydrogen) atoms. The Morgan fingerprint density at radius 3 is 0.717 bits per heavy atom. The van der Waals surface area contributed by atoms with Crippen LogP contribution < -0.4 is 0 Å². The van der Waals surface area contributed by atoms with Crippen LogP contribution in [0.15, 0.2) is 0 Å². The van der Waals surface area contributed by atoms with Crippen LogP contribution in [0.2, 0.25) is 0 Å². The molecule has 0 aromatic carbocycles. The van der Waals surface area contributed by atoms with E-state index in [0.29, 0.717) is 0 Å². The van der Waals surface area contributed by atoms with Gasteiger partial charge in [0.1, 0.15) is 0 Å². The highest BCUT2D eigenvalue weighted by atomic mass is 16.4. The first-order valence-electron chi connectivity index (χ1n) is 21.6. The number of aliphatic carboxylic acids is 1. The van der Waals surface area contributed by atoms with Gasteiger partial charge in [0.15, 0.2) is 0 Å². The molecule has 0 unspecified atom stereocenters. The topological polar surface area (TPSA) is 40.5 Å². The minimum absolute atomic E-state index is 0.290. The monoisotopic (exact) mass is 650 g/mol. The van der Waals surface area contributed by atoms with Gasteiger partial charge in [-0.2, -0.15) is 0 Å². The van der Waals surface area contributed by atoms with Gasteiger partial charge in [-0.15, -0.1) is 0 Å². The number of carboxylic acid groups (broad SMARTS) is 1. The molecule has 0 fully saturated rings. The summed E-state index contributed by atoms with van der Waals surface area (Å²) in [6.45, 7) is 7.50. The zero-order chi connectivity index (χ0) is 33.4. The van der Waals surface area contributed by atoms with Crippen molar-refractivity contribution in [3.63, 3.8) is 0 Å². The molecule has 0 aliphatic rings. The summed E-state index contributed by atoms with van der Waals surface area (Å²) < 4.78 is 0. The van der Waals surface area contributed by atoms with Gasteiger partial charge >= 0.3 is 5.97 Å². The van der Waals surface area contributed by atoms with E-state index in [1.807, 2.05) is 0 Å². The predicted molar refractivity (Wildman–Crippen MR) is 206 cm³/mol. The number of rotatable bonds is 41. The number of nitrogens with zero attached hydrogens (tertiary/aromatic N) is 1. The molecule has 3 heteroatoms. The highest BCUT2D eigenvalue weighted by molar-refractivity contribution is 5.66. The van der Waals surface area contributed by atoms with Crippen molar-refractivity contribution in [1.29, 1.82) is 0 Å². The number of hydrogen-bond donors (Lipinski definition) is 1. The summed E-state index contributed by atoms with van der Waals surface area (Å²) in [5.41, 5.74) is 0. The summed E-state index contributed by atoms with van der Waals surface area (Å²) in [5.74, 6) is -0.652. The summed E-state index contributed by atoms with van der Waals surface area (Å²) in [6.07, 6.45) is 51.0. The van der Waals surface area contributed by atoms with Crippen LogP contribution in [-0.4, -0.2) is 35.6 Å². The second-order valence-corrected chi connectivity index (χ2v) is 15.0. The fourth-order valence-corrected chi connectivity index (χ4v) is 7.06. The van der Waals surface area contributed by atoms with Crippen molar-refractivity contribution in [2.24, 2.45) is 0 Å². The smallest absolute Gasteiger partial charge is 0.304 e. The standard InChI is InChI=1S/C43H87NO2/c1-3-5-7-9-11-13-15-17-19-21-23-25-27-29-31-33-35-37-40-44(42-39-43(45)46)41-38-36-34-32-30-28-26-24-22-20-18-16-14-12-10-8-6-4-2/h3-42H2,1-2H3,(H,45,46). The lowest BCUT2D eigenvalue weighted by Crippen LogP contribution is -2.28. The summed E-state index contributed by atoms with van der Waals surface area (Å²) in [6, 6.07) is 0. The molecule has 0 aliphatic carbocycles. The number of unbranched alkanes of at least 4 members (excludes halogenated alkanes) is 34. The largest absolute Gasteiger partial charge is 0.481 e. The van der Waals surface area contributed by atoms with Gasteiger partial charge in [0, 0.05) is 6.54 Å². The molecular weight excluding hydrogens is 562 g/mol. The van der Waals surface area contributed by atoms with Gasteiger partial charge in [-0.25, -0.2) is 0 Å². The molecule has 276 valence electrons. The maximum Gasteiger partial charge on any atom is 0.304 e. The van der Waals surface area contributed by atoms with Crippen molar-refractivity contribution in [2.45, 2.75) is 251 Å². The molecule has 0 aliphatic heterocycles. The van der Waals surface area contributed by atoms with Crippen LogP contribution in [0.25, 0.3) is 0 Å². The minimum atomic E-state index is -0.652. The van der Waals surface area contributed by atoms with E-state index in [4.69, 9.17) is 0 Å². The number of carbonyl (C=O) groups is 1. The third-order valence-corrected chi connectivity index (χ3v) is 10.3. The molecule has 0 rings (SSSR count). The van der Waals surface area contributed by atoms with Crippen LogP contribution in [0, 0.1) is 0 Å². The summed E-state index contributed by atoms with van der Waals surface area (Å²) in [7, 11) is 0. The molecule has 0 saturated heterocycles. The molecule has 0 aromatic rings. The molecule has 0 heterocycles. The Balaban J connectivity index is 3.52. The van der Waals surface area contributed by atoms with Gasteiger partial charge in [-0.05, 0) is 25.9 Å². The molecule has 0 amide bonds. The first kappa shape index (κ1) is 45.4. The molecular formula is C43H87NO2. The zero-order valence-corrected chi connectivity index (χ0v) is 32.1. The zero-order valence-electron chi connectivity index (χ0n) is 32.1. The molecule has 0 atom stereocenters. The van der Waals surface area contributed by atoms with E-state index in [1.54, 1.807) is 0 Å². The van der Waals surface area contributed by atoms with E-state index in [9.17, 15) is 9.90 Å². The first-order valence-corrected chi connectivity index (χ1v) is 21.6. The average Bonchev–Trinajstić information content (AvgIpc) is 3.05. The lowest BCUT2D eigenvalue weighted by Gasteiger charge is -2.21. The molecule has 0 spiro atoms. The van der Waals surface area contributed by atoms with Crippen molar-refractivity contribution in [3.8, 4) is 0 Å². The highest BCUT2D eigenvalue weighted by Gasteiger charge is 2.07. The SMILES string of the molecule is CCCCCCCCCCCCCCCCCCCCN(CCCCCCCCCCCCCCCCCCCC)CCC(=O)O. The van der Waals surface area contributed by atoms with Gasteiger partial charge < -0.3 is 10.0 Å². The fourth-order valence-electron chi connectivity index (χ4n) is 7.06. The molecule has 3 nitrogen and oxygen atoms in total. The lowest BCUT2D eigenvalue weighted by molar-refractivity contribution is -0.137. The van der Waals surface area contributed by atoms with Crippen molar-refractivity contribution in [3.05, 3.63) is 0 Å². The Morgan fingerprint density at radius 1 is 0.326 bits per heavy atom. The third kappa shape index (κ3) is 39.6. The Bertz CT molecular complexity index is 525. The Hall–Kier alpha value is -0.570. The predicted octanol–water partition coefficient (Wildman–Crippen LogP) is 14.8. The van der Waals surface area contributed by atoms with Gasteiger partial charge in [0.2, 0.25) is 0 Å². The Labute approximate surface area is 291 Å². The van der Waals surface area contributed by atoms with E-state index in [1.165, 1.54) is 231 Å². The van der Waals surface area contributed by atoms with Crippen molar-refractivity contribution in [2.75, 3.05) is 19.6 Å². The Morgan fingerprint density at radius 2 is 0.522 bits per heavy atom. The van der Waals surface area contributed by atoms with Crippen molar-refractivity contribution < 1.29 is 9.90 Å². The molecule has 0 bridgehead atoms. The first-order chi connectivity index (χ1) is 22.7. The van der Waals surface area contributed by atoms with Crippen LogP contribution in [0.4, 0.5) is 0 Å².